The molecule has 2 aromatic carbocycles. The van der Waals surface area contributed by atoms with Crippen LogP contribution in [0.3, 0.4) is 0 Å². The Morgan fingerprint density at radius 3 is 2.09 bits per heavy atom. The summed E-state index contributed by atoms with van der Waals surface area (Å²) in [5.74, 6) is -2.68. The monoisotopic (exact) mass is 976 g/mol. The van der Waals surface area contributed by atoms with Crippen LogP contribution in [0.4, 0.5) is 0 Å². The van der Waals surface area contributed by atoms with Gasteiger partial charge in [-0.3, -0.25) is 9.59 Å². The molecule has 0 spiro atoms. The van der Waals surface area contributed by atoms with Crippen molar-refractivity contribution in [2.24, 2.45) is 0 Å². The van der Waals surface area contributed by atoms with Gasteiger partial charge in [0.15, 0.2) is 36.0 Å². The van der Waals surface area contributed by atoms with E-state index in [1.807, 2.05) is 0 Å². The lowest BCUT2D eigenvalue weighted by molar-refractivity contribution is -0.306. The van der Waals surface area contributed by atoms with Gasteiger partial charge in [0.25, 0.3) is 0 Å². The molecule has 70 heavy (non-hydrogen) atoms. The molecule has 1 saturated carbocycles. The lowest BCUT2D eigenvalue weighted by Crippen LogP contribution is -2.70. The Labute approximate surface area is 401 Å². The quantitative estimate of drug-likeness (QED) is 0.161. The second-order valence-electron chi connectivity index (χ2n) is 20.4. The minimum atomic E-state index is -2.52. The fourth-order valence-corrected chi connectivity index (χ4v) is 11.6. The molecule has 0 amide bonds. The number of carbonyl (C=O) groups excluding carboxylic acids is 2. The number of phenolic OH excluding ortho intramolecular Hbond substituents is 2. The molecule has 378 valence electrons. The molecule has 17 atom stereocenters. The highest BCUT2D eigenvalue weighted by Gasteiger charge is 2.68. The van der Waals surface area contributed by atoms with Crippen LogP contribution in [-0.2, 0) is 38.0 Å². The molecule has 8 N–H and O–H groups in total. The molecule has 7 aliphatic rings. The van der Waals surface area contributed by atoms with Crippen LogP contribution in [0.25, 0.3) is 27.5 Å². The second-order valence-corrected chi connectivity index (χ2v) is 20.4. The first-order valence-corrected chi connectivity index (χ1v) is 24.1. The number of ketones is 2. The van der Waals surface area contributed by atoms with Crippen molar-refractivity contribution in [3.05, 3.63) is 75.4 Å². The number of Topliss-reactive ketones (excluding diaryl/α,β-unsaturated/α-hetero) is 2. The molecular formula is C51H60O19. The molecule has 19 nitrogen and oxygen atoms in total. The standard InChI is InChI=1S/C51H60O19/c1-21-30(53)10-12-37(64-21)70-51-35(55)19-49(5,61)20-50(51,62)15-14-27-42(51)47-40-29(39(48(60)69-47)25-6-8-26(52)9-7-25)16-28(46(59)41(40)45(27)58)33-18-34(44(57)24(4)63-33)68-36-13-11-32(22(2)65-36)67-38-17-31(54)43(56)23(3)66-38/h6-9,14-16,21-24,30-34,36-38,43-44,52-54,56-57,59,61-62H,10-13,17-20H2,1-5H3/t21-,22+,23-,24-,30+,31-,32+,33?,34-,36+,37+,38+,43-,44-,49+,50+,51+/m1/s1. The molecule has 10 rings (SSSR count). The normalized spacial score (nSPS) is 40.8. The van der Waals surface area contributed by atoms with Gasteiger partial charge in [0, 0.05) is 66.0 Å². The third kappa shape index (κ3) is 8.16. The predicted octanol–water partition coefficient (Wildman–Crippen LogP) is 3.24. The average Bonchev–Trinajstić information content (AvgIpc) is 3.28. The van der Waals surface area contributed by atoms with Gasteiger partial charge in [0.1, 0.15) is 35.1 Å². The minimum Gasteiger partial charge on any atom is -0.508 e. The Morgan fingerprint density at radius 1 is 0.714 bits per heavy atom. The van der Waals surface area contributed by atoms with E-state index in [0.29, 0.717) is 12.8 Å². The van der Waals surface area contributed by atoms with Crippen molar-refractivity contribution in [3.63, 3.8) is 0 Å². The lowest BCUT2D eigenvalue weighted by Gasteiger charge is -2.55. The zero-order valence-corrected chi connectivity index (χ0v) is 39.3. The van der Waals surface area contributed by atoms with Crippen LogP contribution in [0.15, 0.2) is 57.3 Å². The number of aromatic hydroxyl groups is 2. The van der Waals surface area contributed by atoms with Crippen LogP contribution < -0.4 is 5.63 Å². The largest absolute Gasteiger partial charge is 0.508 e. The molecule has 4 aliphatic heterocycles. The van der Waals surface area contributed by atoms with Crippen LogP contribution in [-0.4, -0.2) is 149 Å². The molecule has 19 heteroatoms. The Hall–Kier alpha value is -4.45. The van der Waals surface area contributed by atoms with E-state index in [1.165, 1.54) is 49.4 Å². The molecular weight excluding hydrogens is 917 g/mol. The van der Waals surface area contributed by atoms with Gasteiger partial charge in [-0.15, -0.1) is 0 Å². The summed E-state index contributed by atoms with van der Waals surface area (Å²) in [5, 5.41) is 89.2. The van der Waals surface area contributed by atoms with Gasteiger partial charge >= 0.3 is 5.63 Å². The zero-order valence-electron chi connectivity index (χ0n) is 39.3. The van der Waals surface area contributed by atoms with E-state index in [-0.39, 0.29) is 81.4 Å². The number of phenols is 2. The fraction of sp³-hybridized carbons (Fsp3) is 0.588. The average molecular weight is 977 g/mol. The maximum absolute atomic E-state index is 15.3. The topological polar surface area (TPSA) is 291 Å². The number of fused-ring (bicyclic) bond motifs is 3. The van der Waals surface area contributed by atoms with Gasteiger partial charge in [0.2, 0.25) is 0 Å². The van der Waals surface area contributed by atoms with E-state index in [9.17, 15) is 50.4 Å². The van der Waals surface area contributed by atoms with E-state index >= 15 is 4.79 Å². The summed E-state index contributed by atoms with van der Waals surface area (Å²) < 4.78 is 49.8. The number of carbonyl (C=O) groups is 2. The number of aliphatic hydroxyl groups excluding tert-OH is 4. The molecule has 3 aromatic rings. The third-order valence-electron chi connectivity index (χ3n) is 15.3. The van der Waals surface area contributed by atoms with Crippen molar-refractivity contribution in [2.45, 2.75) is 189 Å². The van der Waals surface area contributed by atoms with E-state index in [0.717, 1.165) is 0 Å². The van der Waals surface area contributed by atoms with Crippen molar-refractivity contribution in [2.75, 3.05) is 0 Å². The molecule has 1 unspecified atom stereocenters. The van der Waals surface area contributed by atoms with Crippen LogP contribution in [0.2, 0.25) is 0 Å². The number of aliphatic hydroxyl groups is 6. The molecule has 1 aromatic heterocycles. The smallest absolute Gasteiger partial charge is 0.344 e. The number of benzene rings is 2. The molecule has 5 fully saturated rings. The SMILES string of the molecule is C[C@@H]1O[C@@H](O[C@@H]2CC(c3cc4c(-c5ccc(O)cc5)c(=O)oc5c4c(c3O)C(=O)C3=C5[C@@]4(O[C@H]5CC[C@H](O)[C@@H](C)O5)C(=O)C[C@](C)(O)C[C@@]4(O)C=C3)O[C@H](C)[C@H]2O)CC[C@@H]1O[C@H]1C[C@@H](O)[C@H](O)[C@@H](C)O1. The molecule has 3 aliphatic carbocycles. The van der Waals surface area contributed by atoms with Gasteiger partial charge in [-0.2, -0.15) is 0 Å². The summed E-state index contributed by atoms with van der Waals surface area (Å²) in [6.45, 7) is 8.08. The Kier molecular flexibility index (Phi) is 12.6. The van der Waals surface area contributed by atoms with Gasteiger partial charge in [-0.05, 0) is 77.3 Å². The highest BCUT2D eigenvalue weighted by Crippen LogP contribution is 2.58. The Morgan fingerprint density at radius 2 is 1.39 bits per heavy atom. The van der Waals surface area contributed by atoms with Crippen molar-refractivity contribution in [3.8, 4) is 22.6 Å². The first-order chi connectivity index (χ1) is 33.1. The third-order valence-corrected chi connectivity index (χ3v) is 15.3. The van der Waals surface area contributed by atoms with Crippen molar-refractivity contribution < 1.29 is 88.0 Å². The molecule has 0 bridgehead atoms. The number of rotatable bonds is 8. The maximum atomic E-state index is 15.3. The summed E-state index contributed by atoms with van der Waals surface area (Å²) in [5.41, 5.74) is -8.19. The first-order valence-electron chi connectivity index (χ1n) is 24.1. The summed E-state index contributed by atoms with van der Waals surface area (Å²) in [6, 6.07) is 7.13. The van der Waals surface area contributed by atoms with Crippen molar-refractivity contribution in [1.29, 1.82) is 0 Å². The summed E-state index contributed by atoms with van der Waals surface area (Å²) >= 11 is 0. The highest BCUT2D eigenvalue weighted by atomic mass is 16.7. The Bertz CT molecular complexity index is 2680. The van der Waals surface area contributed by atoms with Crippen LogP contribution in [0, 0.1) is 0 Å². The van der Waals surface area contributed by atoms with E-state index in [1.54, 1.807) is 27.7 Å². The summed E-state index contributed by atoms with van der Waals surface area (Å²) in [7, 11) is 0. The lowest BCUT2D eigenvalue weighted by atomic mass is 9.57. The van der Waals surface area contributed by atoms with Gasteiger partial charge in [-0.1, -0.05) is 18.2 Å². The predicted molar refractivity (Wildman–Crippen MR) is 243 cm³/mol. The van der Waals surface area contributed by atoms with Gasteiger partial charge in [-0.25, -0.2) is 4.79 Å². The summed E-state index contributed by atoms with van der Waals surface area (Å²) in [4.78, 5) is 44.9. The van der Waals surface area contributed by atoms with Gasteiger partial charge in [0.05, 0.1) is 71.7 Å². The maximum Gasteiger partial charge on any atom is 0.344 e. The summed E-state index contributed by atoms with van der Waals surface area (Å²) in [6.07, 6.45) is -9.54. The van der Waals surface area contributed by atoms with Crippen LogP contribution in [0.1, 0.15) is 114 Å². The van der Waals surface area contributed by atoms with Crippen molar-refractivity contribution in [1.82, 2.24) is 0 Å². The number of hydrogen-bond acceptors (Lipinski definition) is 19. The number of ether oxygens (including phenoxy) is 7. The Balaban J connectivity index is 1.04. The van der Waals surface area contributed by atoms with Crippen LogP contribution in [0.5, 0.6) is 11.5 Å². The minimum absolute atomic E-state index is 0.0550. The number of allylic oxidation sites excluding steroid dienone is 2. The van der Waals surface area contributed by atoms with E-state index in [2.05, 4.69) is 0 Å². The van der Waals surface area contributed by atoms with Crippen molar-refractivity contribution >= 4 is 27.9 Å². The van der Waals surface area contributed by atoms with E-state index < -0.39 is 139 Å². The zero-order chi connectivity index (χ0) is 49.9. The van der Waals surface area contributed by atoms with E-state index in [4.69, 9.17) is 37.6 Å². The number of hydrogen-bond donors (Lipinski definition) is 8. The van der Waals surface area contributed by atoms with Gasteiger partial charge < -0.3 is 78.4 Å². The first kappa shape index (κ1) is 49.1. The molecule has 5 heterocycles. The highest BCUT2D eigenvalue weighted by molar-refractivity contribution is 6.31. The molecule has 0 radical (unpaired) electrons. The fourth-order valence-electron chi connectivity index (χ4n) is 11.6. The second kappa shape index (κ2) is 17.9. The molecule has 4 saturated heterocycles. The van der Waals surface area contributed by atoms with Crippen LogP contribution >= 0.6 is 0 Å².